The highest BCUT2D eigenvalue weighted by molar-refractivity contribution is 5.95. The highest BCUT2D eigenvalue weighted by Gasteiger charge is 2.21. The van der Waals surface area contributed by atoms with Crippen molar-refractivity contribution in [1.29, 1.82) is 0 Å². The molecule has 0 unspecified atom stereocenters. The van der Waals surface area contributed by atoms with E-state index in [0.717, 1.165) is 49.0 Å². The Morgan fingerprint density at radius 3 is 2.89 bits per heavy atom. The minimum atomic E-state index is -0.260. The summed E-state index contributed by atoms with van der Waals surface area (Å²) in [5, 5.41) is 12.4. The van der Waals surface area contributed by atoms with Crippen molar-refractivity contribution in [3.63, 3.8) is 0 Å². The fraction of sp³-hybridized carbons (Fsp3) is 0.409. The van der Waals surface area contributed by atoms with E-state index in [1.165, 1.54) is 12.1 Å². The number of rotatable bonds is 6. The van der Waals surface area contributed by atoms with Crippen LogP contribution in [-0.2, 0) is 0 Å². The standard InChI is InChI=1S/C22H27FN2O2/c1-16-13-19(23)8-9-21(16)17-5-4-6-18(14-17)22(27)24-10-12-25-11-3-2-7-20(25)15-26/h4-6,8-9,13-14,20,26H,2-3,7,10-12,15H2,1H3,(H,24,27)/t20-/m0/s1. The molecule has 2 aromatic rings. The van der Waals surface area contributed by atoms with Crippen molar-refractivity contribution in [2.45, 2.75) is 32.2 Å². The Morgan fingerprint density at radius 1 is 1.26 bits per heavy atom. The second-order valence-electron chi connectivity index (χ2n) is 7.16. The van der Waals surface area contributed by atoms with Gasteiger partial charge in [0.15, 0.2) is 0 Å². The number of nitrogens with zero attached hydrogens (tertiary/aromatic N) is 1. The zero-order chi connectivity index (χ0) is 19.2. The SMILES string of the molecule is Cc1cc(F)ccc1-c1cccc(C(=O)NCCN2CCCC[C@H]2CO)c1. The molecule has 5 heteroatoms. The maximum absolute atomic E-state index is 13.3. The van der Waals surface area contributed by atoms with E-state index in [1.54, 1.807) is 12.1 Å². The highest BCUT2D eigenvalue weighted by Crippen LogP contribution is 2.25. The molecule has 0 radical (unpaired) electrons. The molecule has 2 N–H and O–H groups in total. The minimum absolute atomic E-state index is 0.117. The van der Waals surface area contributed by atoms with Crippen LogP contribution in [0.15, 0.2) is 42.5 Å². The summed E-state index contributed by atoms with van der Waals surface area (Å²) in [4.78, 5) is 14.8. The van der Waals surface area contributed by atoms with Gasteiger partial charge in [0.1, 0.15) is 5.82 Å². The Labute approximate surface area is 160 Å². The lowest BCUT2D eigenvalue weighted by molar-refractivity contribution is 0.0849. The number of nitrogens with one attached hydrogen (secondary N) is 1. The Hall–Kier alpha value is -2.24. The van der Waals surface area contributed by atoms with E-state index in [2.05, 4.69) is 10.2 Å². The molecule has 4 nitrogen and oxygen atoms in total. The smallest absolute Gasteiger partial charge is 0.251 e. The lowest BCUT2D eigenvalue weighted by Gasteiger charge is -2.34. The van der Waals surface area contributed by atoms with Crippen molar-refractivity contribution >= 4 is 5.91 Å². The first-order chi connectivity index (χ1) is 13.1. The van der Waals surface area contributed by atoms with Gasteiger partial charge in [-0.25, -0.2) is 4.39 Å². The van der Waals surface area contributed by atoms with Crippen LogP contribution < -0.4 is 5.32 Å². The topological polar surface area (TPSA) is 52.6 Å². The van der Waals surface area contributed by atoms with E-state index in [9.17, 15) is 14.3 Å². The molecular formula is C22H27FN2O2. The first-order valence-corrected chi connectivity index (χ1v) is 9.58. The molecule has 1 aliphatic heterocycles. The first-order valence-electron chi connectivity index (χ1n) is 9.58. The summed E-state index contributed by atoms with van der Waals surface area (Å²) in [6.07, 6.45) is 3.32. The fourth-order valence-corrected chi connectivity index (χ4v) is 3.76. The Morgan fingerprint density at radius 2 is 2.11 bits per heavy atom. The molecule has 0 spiro atoms. The summed E-state index contributed by atoms with van der Waals surface area (Å²) in [5.74, 6) is -0.377. The number of aliphatic hydroxyl groups is 1. The van der Waals surface area contributed by atoms with Crippen LogP contribution in [0.25, 0.3) is 11.1 Å². The highest BCUT2D eigenvalue weighted by atomic mass is 19.1. The van der Waals surface area contributed by atoms with E-state index < -0.39 is 0 Å². The van der Waals surface area contributed by atoms with Gasteiger partial charge in [-0.05, 0) is 67.3 Å². The Bertz CT molecular complexity index is 794. The summed E-state index contributed by atoms with van der Waals surface area (Å²) < 4.78 is 13.3. The van der Waals surface area contributed by atoms with Crippen molar-refractivity contribution in [1.82, 2.24) is 10.2 Å². The summed E-state index contributed by atoms with van der Waals surface area (Å²) in [6.45, 7) is 4.30. The molecule has 144 valence electrons. The molecule has 1 aliphatic rings. The second kappa shape index (κ2) is 9.11. The molecule has 1 atom stereocenters. The third-order valence-corrected chi connectivity index (χ3v) is 5.27. The molecule has 1 fully saturated rings. The second-order valence-corrected chi connectivity index (χ2v) is 7.16. The summed E-state index contributed by atoms with van der Waals surface area (Å²) >= 11 is 0. The molecule has 1 heterocycles. The quantitative estimate of drug-likeness (QED) is 0.820. The minimum Gasteiger partial charge on any atom is -0.395 e. The van der Waals surface area contributed by atoms with Crippen LogP contribution >= 0.6 is 0 Å². The Balaban J connectivity index is 1.62. The largest absolute Gasteiger partial charge is 0.395 e. The molecule has 0 aliphatic carbocycles. The number of piperidine rings is 1. The molecule has 1 amide bonds. The summed E-state index contributed by atoms with van der Waals surface area (Å²) in [7, 11) is 0. The van der Waals surface area contributed by atoms with Crippen LogP contribution in [0.3, 0.4) is 0 Å². The van der Waals surface area contributed by atoms with Crippen molar-refractivity contribution in [2.24, 2.45) is 0 Å². The van der Waals surface area contributed by atoms with Crippen molar-refractivity contribution in [3.8, 4) is 11.1 Å². The van der Waals surface area contributed by atoms with Gasteiger partial charge in [-0.3, -0.25) is 9.69 Å². The maximum Gasteiger partial charge on any atom is 0.251 e. The van der Waals surface area contributed by atoms with Crippen molar-refractivity contribution < 1.29 is 14.3 Å². The van der Waals surface area contributed by atoms with Gasteiger partial charge in [0.2, 0.25) is 0 Å². The predicted octanol–water partition coefficient (Wildman–Crippen LogP) is 3.38. The molecule has 2 aromatic carbocycles. The van der Waals surface area contributed by atoms with Gasteiger partial charge in [-0.1, -0.05) is 24.6 Å². The number of aryl methyl sites for hydroxylation is 1. The Kier molecular flexibility index (Phi) is 6.58. The van der Waals surface area contributed by atoms with E-state index in [-0.39, 0.29) is 24.4 Å². The average Bonchev–Trinajstić information content (AvgIpc) is 2.68. The lowest BCUT2D eigenvalue weighted by atomic mass is 9.98. The number of aliphatic hydroxyl groups excluding tert-OH is 1. The number of carbonyl (C=O) groups is 1. The number of benzene rings is 2. The van der Waals surface area contributed by atoms with Gasteiger partial charge in [0.25, 0.3) is 5.91 Å². The van der Waals surface area contributed by atoms with E-state index in [4.69, 9.17) is 0 Å². The van der Waals surface area contributed by atoms with Crippen LogP contribution in [0.2, 0.25) is 0 Å². The zero-order valence-corrected chi connectivity index (χ0v) is 15.7. The summed E-state index contributed by atoms with van der Waals surface area (Å²) in [6, 6.07) is 12.3. The summed E-state index contributed by atoms with van der Waals surface area (Å²) in [5.41, 5.74) is 3.25. The number of halogens is 1. The monoisotopic (exact) mass is 370 g/mol. The fourth-order valence-electron chi connectivity index (χ4n) is 3.76. The van der Waals surface area contributed by atoms with Gasteiger partial charge >= 0.3 is 0 Å². The van der Waals surface area contributed by atoms with Gasteiger partial charge in [-0.2, -0.15) is 0 Å². The zero-order valence-electron chi connectivity index (χ0n) is 15.7. The molecule has 3 rings (SSSR count). The molecule has 1 saturated heterocycles. The number of carbonyl (C=O) groups excluding carboxylic acids is 1. The third-order valence-electron chi connectivity index (χ3n) is 5.27. The van der Waals surface area contributed by atoms with Gasteiger partial charge in [0.05, 0.1) is 6.61 Å². The van der Waals surface area contributed by atoms with Crippen molar-refractivity contribution in [2.75, 3.05) is 26.2 Å². The van der Waals surface area contributed by atoms with Gasteiger partial charge < -0.3 is 10.4 Å². The third kappa shape index (κ3) is 4.93. The van der Waals surface area contributed by atoms with Crippen molar-refractivity contribution in [3.05, 3.63) is 59.4 Å². The molecule has 0 aromatic heterocycles. The van der Waals surface area contributed by atoms with E-state index >= 15 is 0 Å². The average molecular weight is 370 g/mol. The van der Waals surface area contributed by atoms with Crippen LogP contribution in [0, 0.1) is 12.7 Å². The molecule has 0 saturated carbocycles. The van der Waals surface area contributed by atoms with Crippen LogP contribution in [0.5, 0.6) is 0 Å². The number of amides is 1. The van der Waals surface area contributed by atoms with Gasteiger partial charge in [-0.15, -0.1) is 0 Å². The molecule has 0 bridgehead atoms. The molecule has 27 heavy (non-hydrogen) atoms. The first kappa shape index (κ1) is 19.5. The van der Waals surface area contributed by atoms with Crippen LogP contribution in [0.1, 0.15) is 35.2 Å². The van der Waals surface area contributed by atoms with E-state index in [0.29, 0.717) is 12.1 Å². The number of hydrogen-bond acceptors (Lipinski definition) is 3. The molecular weight excluding hydrogens is 343 g/mol. The lowest BCUT2D eigenvalue weighted by Crippen LogP contribution is -2.45. The maximum atomic E-state index is 13.3. The van der Waals surface area contributed by atoms with E-state index in [1.807, 2.05) is 25.1 Å². The predicted molar refractivity (Wildman–Crippen MR) is 105 cm³/mol. The van der Waals surface area contributed by atoms with Gasteiger partial charge in [0, 0.05) is 24.7 Å². The number of likely N-dealkylation sites (tertiary alicyclic amines) is 1. The van der Waals surface area contributed by atoms with Crippen LogP contribution in [0.4, 0.5) is 4.39 Å². The van der Waals surface area contributed by atoms with Crippen LogP contribution in [-0.4, -0.2) is 48.2 Å². The number of hydrogen-bond donors (Lipinski definition) is 2. The normalized spacial score (nSPS) is 17.7.